The van der Waals surface area contributed by atoms with Crippen LogP contribution in [0.2, 0.25) is 0 Å². The normalized spacial score (nSPS) is 11.0. The van der Waals surface area contributed by atoms with Crippen LogP contribution in [-0.2, 0) is 12.8 Å². The molecule has 100 valence electrons. The molecule has 2 rings (SSSR count). The lowest BCUT2D eigenvalue weighted by molar-refractivity contribution is 0.641. The van der Waals surface area contributed by atoms with Crippen LogP contribution in [0, 0.1) is 12.8 Å². The zero-order valence-corrected chi connectivity index (χ0v) is 12.4. The Morgan fingerprint density at radius 1 is 1.11 bits per heavy atom. The maximum absolute atomic E-state index is 4.67. The fraction of sp³-hybridized carbons (Fsp3) is 0.389. The first-order valence-electron chi connectivity index (χ1n) is 7.15. The Hall–Kier alpha value is -1.63. The highest BCUT2D eigenvalue weighted by Gasteiger charge is 2.08. The van der Waals surface area contributed by atoms with E-state index < -0.39 is 0 Å². The number of hydrogen-bond donors (Lipinski definition) is 0. The van der Waals surface area contributed by atoms with Crippen LogP contribution in [0.25, 0.3) is 11.3 Å². The van der Waals surface area contributed by atoms with Crippen molar-refractivity contribution >= 4 is 0 Å². The Bertz CT molecular complexity index is 555. The van der Waals surface area contributed by atoms with Gasteiger partial charge in [0.2, 0.25) is 0 Å². The molecule has 0 aliphatic carbocycles. The van der Waals surface area contributed by atoms with Gasteiger partial charge in [-0.25, -0.2) is 0 Å². The number of pyridine rings is 1. The van der Waals surface area contributed by atoms with Crippen molar-refractivity contribution in [1.29, 1.82) is 0 Å². The van der Waals surface area contributed by atoms with Gasteiger partial charge in [-0.1, -0.05) is 45.0 Å². The van der Waals surface area contributed by atoms with E-state index in [0.717, 1.165) is 18.5 Å². The van der Waals surface area contributed by atoms with E-state index in [1.54, 1.807) is 0 Å². The van der Waals surface area contributed by atoms with E-state index >= 15 is 0 Å². The molecule has 0 N–H and O–H groups in total. The van der Waals surface area contributed by atoms with E-state index in [1.165, 1.54) is 22.3 Å². The first-order valence-corrected chi connectivity index (χ1v) is 7.15. The fourth-order valence-electron chi connectivity index (χ4n) is 2.49. The maximum atomic E-state index is 4.67. The van der Waals surface area contributed by atoms with Crippen molar-refractivity contribution in [3.8, 4) is 11.3 Å². The highest BCUT2D eigenvalue weighted by Crippen LogP contribution is 2.24. The van der Waals surface area contributed by atoms with Gasteiger partial charge in [0.25, 0.3) is 0 Å². The number of benzene rings is 1. The molecule has 0 atom stereocenters. The van der Waals surface area contributed by atoms with E-state index in [9.17, 15) is 0 Å². The van der Waals surface area contributed by atoms with E-state index in [1.807, 2.05) is 0 Å². The summed E-state index contributed by atoms with van der Waals surface area (Å²) in [6.45, 7) is 8.88. The van der Waals surface area contributed by atoms with Crippen LogP contribution in [0.1, 0.15) is 37.5 Å². The van der Waals surface area contributed by atoms with Crippen molar-refractivity contribution in [1.82, 2.24) is 4.98 Å². The maximum Gasteiger partial charge on any atom is 0.0707 e. The van der Waals surface area contributed by atoms with Crippen LogP contribution in [0.5, 0.6) is 0 Å². The van der Waals surface area contributed by atoms with Gasteiger partial charge in [-0.3, -0.25) is 4.98 Å². The summed E-state index contributed by atoms with van der Waals surface area (Å²) in [6.07, 6.45) is 4.26. The molecule has 1 nitrogen and oxygen atoms in total. The molecule has 1 heterocycles. The Labute approximate surface area is 116 Å². The molecule has 0 bridgehead atoms. The number of nitrogens with zero attached hydrogens (tertiary/aromatic N) is 1. The molecule has 0 spiro atoms. The number of aryl methyl sites for hydroxylation is 2. The van der Waals surface area contributed by atoms with Gasteiger partial charge >= 0.3 is 0 Å². The first-order chi connectivity index (χ1) is 9.11. The Kier molecular flexibility index (Phi) is 4.36. The van der Waals surface area contributed by atoms with Gasteiger partial charge < -0.3 is 0 Å². The minimum Gasteiger partial charge on any atom is -0.256 e. The zero-order chi connectivity index (χ0) is 13.8. The predicted molar refractivity (Wildman–Crippen MR) is 82.3 cm³/mol. The van der Waals surface area contributed by atoms with Gasteiger partial charge in [0, 0.05) is 11.8 Å². The lowest BCUT2D eigenvalue weighted by Gasteiger charge is -2.12. The number of aromatic nitrogens is 1. The average Bonchev–Trinajstić information content (AvgIpc) is 2.39. The fourth-order valence-corrected chi connectivity index (χ4v) is 2.49. The van der Waals surface area contributed by atoms with E-state index in [0.29, 0.717) is 5.92 Å². The lowest BCUT2D eigenvalue weighted by atomic mass is 9.96. The van der Waals surface area contributed by atoms with Gasteiger partial charge in [0.1, 0.15) is 0 Å². The van der Waals surface area contributed by atoms with Crippen LogP contribution in [0.15, 0.2) is 36.5 Å². The quantitative estimate of drug-likeness (QED) is 0.761. The monoisotopic (exact) mass is 253 g/mol. The molecule has 1 aromatic carbocycles. The molecule has 0 fully saturated rings. The molecule has 0 aliphatic rings. The molecule has 1 aromatic heterocycles. The standard InChI is InChI=1S/C18H23N/c1-5-15-11-18(17-9-7-6-8-14(17)4)19-12-16(15)10-13(2)3/h6-9,11-13H,5,10H2,1-4H3. The van der Waals surface area contributed by atoms with Crippen molar-refractivity contribution in [3.63, 3.8) is 0 Å². The first kappa shape index (κ1) is 13.8. The third-order valence-electron chi connectivity index (χ3n) is 3.51. The van der Waals surface area contributed by atoms with E-state index in [-0.39, 0.29) is 0 Å². The summed E-state index contributed by atoms with van der Waals surface area (Å²) in [6, 6.07) is 10.7. The summed E-state index contributed by atoms with van der Waals surface area (Å²) in [5, 5.41) is 0. The van der Waals surface area contributed by atoms with E-state index in [2.05, 4.69) is 69.2 Å². The molecule has 2 aromatic rings. The topological polar surface area (TPSA) is 12.9 Å². The number of rotatable bonds is 4. The van der Waals surface area contributed by atoms with Crippen molar-refractivity contribution < 1.29 is 0 Å². The molecule has 0 saturated heterocycles. The van der Waals surface area contributed by atoms with Crippen LogP contribution in [0.4, 0.5) is 0 Å². The molecule has 0 saturated carbocycles. The van der Waals surface area contributed by atoms with Crippen LogP contribution >= 0.6 is 0 Å². The minimum absolute atomic E-state index is 0.677. The summed E-state index contributed by atoms with van der Waals surface area (Å²) in [5.41, 5.74) is 6.46. The molecule has 0 radical (unpaired) electrons. The summed E-state index contributed by atoms with van der Waals surface area (Å²) in [7, 11) is 0. The Morgan fingerprint density at radius 2 is 1.84 bits per heavy atom. The van der Waals surface area contributed by atoms with Crippen LogP contribution in [0.3, 0.4) is 0 Å². The molecule has 0 aliphatic heterocycles. The molecule has 0 unspecified atom stereocenters. The summed E-state index contributed by atoms with van der Waals surface area (Å²) < 4.78 is 0. The zero-order valence-electron chi connectivity index (χ0n) is 12.4. The second-order valence-electron chi connectivity index (χ2n) is 5.60. The molecular formula is C18H23N. The second-order valence-corrected chi connectivity index (χ2v) is 5.60. The largest absolute Gasteiger partial charge is 0.256 e. The van der Waals surface area contributed by atoms with E-state index in [4.69, 9.17) is 0 Å². The third kappa shape index (κ3) is 3.23. The molecule has 19 heavy (non-hydrogen) atoms. The molecule has 0 amide bonds. The van der Waals surface area contributed by atoms with Crippen LogP contribution in [-0.4, -0.2) is 4.98 Å². The van der Waals surface area contributed by atoms with Gasteiger partial charge in [0.05, 0.1) is 5.69 Å². The third-order valence-corrected chi connectivity index (χ3v) is 3.51. The highest BCUT2D eigenvalue weighted by molar-refractivity contribution is 5.64. The van der Waals surface area contributed by atoms with Gasteiger partial charge in [-0.05, 0) is 48.4 Å². The Balaban J connectivity index is 2.42. The summed E-state index contributed by atoms with van der Waals surface area (Å²) in [5.74, 6) is 0.677. The van der Waals surface area contributed by atoms with Crippen molar-refractivity contribution in [2.75, 3.05) is 0 Å². The van der Waals surface area contributed by atoms with Gasteiger partial charge in [0.15, 0.2) is 0 Å². The Morgan fingerprint density at radius 3 is 2.47 bits per heavy atom. The summed E-state index contributed by atoms with van der Waals surface area (Å²) in [4.78, 5) is 4.67. The van der Waals surface area contributed by atoms with Crippen molar-refractivity contribution in [2.24, 2.45) is 5.92 Å². The van der Waals surface area contributed by atoms with Gasteiger partial charge in [-0.15, -0.1) is 0 Å². The van der Waals surface area contributed by atoms with Gasteiger partial charge in [-0.2, -0.15) is 0 Å². The molecule has 1 heteroatoms. The lowest BCUT2D eigenvalue weighted by Crippen LogP contribution is -2.01. The SMILES string of the molecule is CCc1cc(-c2ccccc2C)ncc1CC(C)C. The summed E-state index contributed by atoms with van der Waals surface area (Å²) >= 11 is 0. The van der Waals surface area contributed by atoms with Crippen LogP contribution < -0.4 is 0 Å². The minimum atomic E-state index is 0.677. The number of hydrogen-bond acceptors (Lipinski definition) is 1. The van der Waals surface area contributed by atoms with Crippen molar-refractivity contribution in [2.45, 2.75) is 40.5 Å². The highest BCUT2D eigenvalue weighted by atomic mass is 14.7. The smallest absolute Gasteiger partial charge is 0.0707 e. The van der Waals surface area contributed by atoms with Crippen molar-refractivity contribution in [3.05, 3.63) is 53.2 Å². The average molecular weight is 253 g/mol. The predicted octanol–water partition coefficient (Wildman–Crippen LogP) is 4.82. The second kappa shape index (κ2) is 6.01. The molecular weight excluding hydrogens is 230 g/mol.